The molecule has 10 aromatic rings. The van der Waals surface area contributed by atoms with E-state index in [1.54, 1.807) is 12.7 Å². The van der Waals surface area contributed by atoms with Crippen LogP contribution < -0.4 is 0 Å². The molecule has 5 heterocycles. The van der Waals surface area contributed by atoms with Gasteiger partial charge in [-0.25, -0.2) is 19.9 Å². The molecule has 7 nitrogen and oxygen atoms in total. The van der Waals surface area contributed by atoms with Crippen LogP contribution in [0.15, 0.2) is 190 Å². The van der Waals surface area contributed by atoms with Gasteiger partial charge in [-0.3, -0.25) is 9.97 Å². The first-order valence-corrected chi connectivity index (χ1v) is 18.0. The standard InChI is InChI=1S/C48H31N7/c1-3-13-47-45(11-1)46-12-2-4-14-48(46)55(47)44-20-36(32-7-5-9-34(15-32)38-18-40(24-49-22-38)42-26-51-30-52-27-42)17-37(21-44)33-8-6-10-35(16-33)39-19-41(25-50-23-39)43-28-53-31-54-29-43/h1-31H. The molecule has 0 radical (unpaired) electrons. The summed E-state index contributed by atoms with van der Waals surface area (Å²) in [6, 6.07) is 45.8. The zero-order valence-corrected chi connectivity index (χ0v) is 29.5. The van der Waals surface area contributed by atoms with Gasteiger partial charge in [-0.15, -0.1) is 0 Å². The molecule has 0 aliphatic carbocycles. The Balaban J connectivity index is 1.13. The lowest BCUT2D eigenvalue weighted by atomic mass is 9.94. The number of rotatable bonds is 7. The van der Waals surface area contributed by atoms with Crippen molar-refractivity contribution in [2.45, 2.75) is 0 Å². The summed E-state index contributed by atoms with van der Waals surface area (Å²) in [6.45, 7) is 0. The molecule has 258 valence electrons. The molecule has 55 heavy (non-hydrogen) atoms. The molecule has 0 N–H and O–H groups in total. The SMILES string of the molecule is c1cc(-c2cncc(-c3cncnc3)c2)cc(-c2cc(-c3cccc(-c4cncc(-c5cncnc5)c4)c3)cc(-n3c4ccccc4c4ccccc43)c2)c1. The molecule has 0 aliphatic rings. The van der Waals surface area contributed by atoms with Crippen molar-refractivity contribution in [1.29, 1.82) is 0 Å². The smallest absolute Gasteiger partial charge is 0.115 e. The normalized spacial score (nSPS) is 11.3. The Labute approximate surface area is 317 Å². The fourth-order valence-corrected chi connectivity index (χ4v) is 7.44. The summed E-state index contributed by atoms with van der Waals surface area (Å²) in [5, 5.41) is 2.45. The van der Waals surface area contributed by atoms with Gasteiger partial charge in [-0.2, -0.15) is 0 Å². The molecular formula is C48H31N7. The lowest BCUT2D eigenvalue weighted by Gasteiger charge is -2.15. The highest BCUT2D eigenvalue weighted by Crippen LogP contribution is 2.38. The number of hydrogen-bond donors (Lipinski definition) is 0. The summed E-state index contributed by atoms with van der Waals surface area (Å²) < 4.78 is 2.38. The first-order valence-electron chi connectivity index (χ1n) is 18.0. The summed E-state index contributed by atoms with van der Waals surface area (Å²) in [5.74, 6) is 0. The Morgan fingerprint density at radius 3 is 1.07 bits per heavy atom. The summed E-state index contributed by atoms with van der Waals surface area (Å²) >= 11 is 0. The van der Waals surface area contributed by atoms with Crippen LogP contribution >= 0.6 is 0 Å². The summed E-state index contributed by atoms with van der Waals surface area (Å²) in [4.78, 5) is 26.0. The van der Waals surface area contributed by atoms with Crippen molar-refractivity contribution in [3.05, 3.63) is 190 Å². The van der Waals surface area contributed by atoms with E-state index >= 15 is 0 Å². The highest BCUT2D eigenvalue weighted by atomic mass is 15.0. The minimum atomic E-state index is 0.926. The molecule has 10 rings (SSSR count). The summed E-state index contributed by atoms with van der Waals surface area (Å²) in [7, 11) is 0. The van der Waals surface area contributed by atoms with E-state index < -0.39 is 0 Å². The molecule has 0 atom stereocenters. The third-order valence-electron chi connectivity index (χ3n) is 10.1. The number of aromatic nitrogens is 7. The van der Waals surface area contributed by atoms with Gasteiger partial charge in [0.05, 0.1) is 11.0 Å². The highest BCUT2D eigenvalue weighted by molar-refractivity contribution is 6.09. The van der Waals surface area contributed by atoms with Gasteiger partial charge in [0.2, 0.25) is 0 Å². The van der Waals surface area contributed by atoms with Gasteiger partial charge in [-0.05, 0) is 88.0 Å². The lowest BCUT2D eigenvalue weighted by molar-refractivity contribution is 1.17. The molecule has 5 aromatic heterocycles. The van der Waals surface area contributed by atoms with Gasteiger partial charge < -0.3 is 4.57 Å². The average Bonchev–Trinajstić information content (AvgIpc) is 3.61. The summed E-state index contributed by atoms with van der Waals surface area (Å²) in [6.07, 6.45) is 17.8. The largest absolute Gasteiger partial charge is 0.309 e. The van der Waals surface area contributed by atoms with Crippen molar-refractivity contribution in [3.63, 3.8) is 0 Å². The Bertz CT molecular complexity index is 2790. The van der Waals surface area contributed by atoms with Crippen molar-refractivity contribution in [3.8, 4) is 72.4 Å². The van der Waals surface area contributed by atoms with Crippen LogP contribution in [-0.2, 0) is 0 Å². The first-order chi connectivity index (χ1) is 27.2. The number of benzene rings is 5. The van der Waals surface area contributed by atoms with Gasteiger partial charge in [-0.1, -0.05) is 72.8 Å². The minimum absolute atomic E-state index is 0.926. The lowest BCUT2D eigenvalue weighted by Crippen LogP contribution is -1.96. The number of nitrogens with zero attached hydrogens (tertiary/aromatic N) is 7. The topological polar surface area (TPSA) is 82.3 Å². The van der Waals surface area contributed by atoms with Crippen molar-refractivity contribution in [2.24, 2.45) is 0 Å². The van der Waals surface area contributed by atoms with Crippen LogP contribution in [0.1, 0.15) is 0 Å². The minimum Gasteiger partial charge on any atom is -0.309 e. The van der Waals surface area contributed by atoms with Crippen molar-refractivity contribution in [2.75, 3.05) is 0 Å². The predicted molar refractivity (Wildman–Crippen MR) is 220 cm³/mol. The Hall–Kier alpha value is -7.64. The van der Waals surface area contributed by atoms with Crippen LogP contribution in [0.25, 0.3) is 94.3 Å². The Kier molecular flexibility index (Phi) is 8.00. The maximum absolute atomic E-state index is 4.59. The zero-order chi connectivity index (χ0) is 36.6. The average molecular weight is 706 g/mol. The number of hydrogen-bond acceptors (Lipinski definition) is 6. The van der Waals surface area contributed by atoms with Gasteiger partial charge in [0, 0.05) is 99.4 Å². The van der Waals surface area contributed by atoms with Gasteiger partial charge in [0.1, 0.15) is 12.7 Å². The molecule has 0 aliphatic heterocycles. The molecule has 0 amide bonds. The molecular weight excluding hydrogens is 675 g/mol. The molecule has 0 bridgehead atoms. The number of para-hydroxylation sites is 2. The van der Waals surface area contributed by atoms with E-state index in [4.69, 9.17) is 0 Å². The zero-order valence-electron chi connectivity index (χ0n) is 29.5. The van der Waals surface area contributed by atoms with Crippen LogP contribution in [0.4, 0.5) is 0 Å². The third-order valence-corrected chi connectivity index (χ3v) is 10.1. The van der Waals surface area contributed by atoms with Crippen molar-refractivity contribution < 1.29 is 0 Å². The van der Waals surface area contributed by atoms with Crippen LogP contribution in [0.3, 0.4) is 0 Å². The van der Waals surface area contributed by atoms with Gasteiger partial charge >= 0.3 is 0 Å². The van der Waals surface area contributed by atoms with E-state index in [1.807, 2.05) is 49.6 Å². The molecule has 7 heteroatoms. The quantitative estimate of drug-likeness (QED) is 0.164. The maximum Gasteiger partial charge on any atom is 0.115 e. The molecule has 0 unspecified atom stereocenters. The molecule has 0 saturated heterocycles. The van der Waals surface area contributed by atoms with Crippen LogP contribution in [0.2, 0.25) is 0 Å². The second kappa shape index (κ2) is 13.7. The van der Waals surface area contributed by atoms with Gasteiger partial charge in [0.15, 0.2) is 0 Å². The maximum atomic E-state index is 4.59. The summed E-state index contributed by atoms with van der Waals surface area (Å²) in [5.41, 5.74) is 15.8. The van der Waals surface area contributed by atoms with Crippen LogP contribution in [-0.4, -0.2) is 34.5 Å². The Morgan fingerprint density at radius 2 is 0.618 bits per heavy atom. The molecule has 0 fully saturated rings. The predicted octanol–water partition coefficient (Wildman–Crippen LogP) is 11.2. The van der Waals surface area contributed by atoms with E-state index in [0.29, 0.717) is 0 Å². The van der Waals surface area contributed by atoms with Crippen LogP contribution in [0.5, 0.6) is 0 Å². The van der Waals surface area contributed by atoms with Crippen molar-refractivity contribution in [1.82, 2.24) is 34.5 Å². The Morgan fingerprint density at radius 1 is 0.273 bits per heavy atom. The second-order valence-electron chi connectivity index (χ2n) is 13.5. The number of pyridine rings is 2. The van der Waals surface area contributed by atoms with Gasteiger partial charge in [0.25, 0.3) is 0 Å². The molecule has 0 saturated carbocycles. The van der Waals surface area contributed by atoms with E-state index in [9.17, 15) is 0 Å². The van der Waals surface area contributed by atoms with E-state index in [-0.39, 0.29) is 0 Å². The third kappa shape index (κ3) is 6.09. The van der Waals surface area contributed by atoms with E-state index in [1.165, 1.54) is 10.8 Å². The second-order valence-corrected chi connectivity index (χ2v) is 13.5. The van der Waals surface area contributed by atoms with E-state index in [0.717, 1.165) is 83.5 Å². The number of fused-ring (bicyclic) bond motifs is 3. The first kappa shape index (κ1) is 32.0. The fourth-order valence-electron chi connectivity index (χ4n) is 7.44. The van der Waals surface area contributed by atoms with Crippen LogP contribution in [0, 0.1) is 0 Å². The molecule has 5 aromatic carbocycles. The molecule has 0 spiro atoms. The fraction of sp³-hybridized carbons (Fsp3) is 0. The highest BCUT2D eigenvalue weighted by Gasteiger charge is 2.15. The monoisotopic (exact) mass is 705 g/mol. The van der Waals surface area contributed by atoms with Crippen molar-refractivity contribution >= 4 is 21.8 Å². The van der Waals surface area contributed by atoms with E-state index in [2.05, 4.69) is 162 Å².